The van der Waals surface area contributed by atoms with E-state index in [2.05, 4.69) is 20.4 Å². The Morgan fingerprint density at radius 1 is 1.38 bits per heavy atom. The molecule has 124 valence electrons. The molecule has 0 fully saturated rings. The molecule has 2 aromatic heterocycles. The predicted octanol–water partition coefficient (Wildman–Crippen LogP) is 1.74. The van der Waals surface area contributed by atoms with Gasteiger partial charge in [-0.15, -0.1) is 0 Å². The third-order valence-corrected chi connectivity index (χ3v) is 3.96. The average Bonchev–Trinajstić information content (AvgIpc) is 2.94. The monoisotopic (exact) mass is 345 g/mol. The van der Waals surface area contributed by atoms with E-state index >= 15 is 0 Å². The lowest BCUT2D eigenvalue weighted by molar-refractivity contribution is 0.0951. The molecule has 1 aromatic carbocycles. The van der Waals surface area contributed by atoms with E-state index < -0.39 is 11.5 Å². The van der Waals surface area contributed by atoms with Gasteiger partial charge in [0.05, 0.1) is 0 Å². The summed E-state index contributed by atoms with van der Waals surface area (Å²) in [6.07, 6.45) is 2.72. The van der Waals surface area contributed by atoms with Crippen LogP contribution in [0.4, 0.5) is 0 Å². The minimum atomic E-state index is -0.468. The van der Waals surface area contributed by atoms with Crippen molar-refractivity contribution in [1.82, 2.24) is 24.9 Å². The van der Waals surface area contributed by atoms with Crippen molar-refractivity contribution >= 4 is 23.3 Å². The summed E-state index contributed by atoms with van der Waals surface area (Å²) in [5.41, 5.74) is 0.544. The van der Waals surface area contributed by atoms with Crippen molar-refractivity contribution < 1.29 is 4.79 Å². The maximum atomic E-state index is 12.3. The van der Waals surface area contributed by atoms with Crippen LogP contribution in [0.5, 0.6) is 0 Å². The fraction of sp³-hybridized carbons (Fsp3) is 0.250. The van der Waals surface area contributed by atoms with E-state index in [0.717, 1.165) is 22.9 Å². The van der Waals surface area contributed by atoms with Gasteiger partial charge in [0, 0.05) is 17.8 Å². The molecule has 8 heteroatoms. The zero-order chi connectivity index (χ0) is 17.1. The van der Waals surface area contributed by atoms with Crippen molar-refractivity contribution in [3.05, 3.63) is 62.8 Å². The maximum Gasteiger partial charge on any atom is 0.286 e. The van der Waals surface area contributed by atoms with Gasteiger partial charge in [0.25, 0.3) is 17.2 Å². The first-order valence-electron chi connectivity index (χ1n) is 7.52. The van der Waals surface area contributed by atoms with Gasteiger partial charge in [0.1, 0.15) is 11.4 Å². The molecule has 0 spiro atoms. The molecule has 0 saturated heterocycles. The molecule has 0 aliphatic heterocycles. The number of carbonyl (C=O) groups is 1. The topological polar surface area (TPSA) is 92.2 Å². The molecule has 1 amide bonds. The van der Waals surface area contributed by atoms with Gasteiger partial charge in [-0.25, -0.2) is 4.98 Å². The van der Waals surface area contributed by atoms with E-state index in [4.69, 9.17) is 11.6 Å². The van der Waals surface area contributed by atoms with Crippen molar-refractivity contribution in [2.24, 2.45) is 0 Å². The standard InChI is InChI=1S/C16H16ClN5O2/c1-10-20-16-19-9-12(15(24)22(16)21-10)14(23)18-8-4-6-11-5-2-3-7-13(11)17/h2-3,5,7,9H,4,6,8H2,1H3,(H,18,23)(H,19,20,21). The van der Waals surface area contributed by atoms with Gasteiger partial charge in [-0.2, -0.15) is 9.50 Å². The molecule has 0 aliphatic carbocycles. The minimum absolute atomic E-state index is 0.0195. The first kappa shape index (κ1) is 16.2. The fourth-order valence-corrected chi connectivity index (χ4v) is 2.63. The second-order valence-electron chi connectivity index (χ2n) is 5.37. The van der Waals surface area contributed by atoms with Crippen LogP contribution < -0.4 is 10.9 Å². The maximum absolute atomic E-state index is 12.3. The van der Waals surface area contributed by atoms with Crippen molar-refractivity contribution in [1.29, 1.82) is 0 Å². The highest BCUT2D eigenvalue weighted by molar-refractivity contribution is 6.31. The molecule has 7 nitrogen and oxygen atoms in total. The molecule has 3 rings (SSSR count). The molecule has 0 radical (unpaired) electrons. The number of aryl methyl sites for hydroxylation is 2. The van der Waals surface area contributed by atoms with Crippen LogP contribution in [0.15, 0.2) is 35.3 Å². The molecule has 2 heterocycles. The van der Waals surface area contributed by atoms with Crippen LogP contribution in [0.3, 0.4) is 0 Å². The summed E-state index contributed by atoms with van der Waals surface area (Å²) in [5, 5.41) is 6.20. The van der Waals surface area contributed by atoms with E-state index in [1.165, 1.54) is 6.20 Å². The molecular weight excluding hydrogens is 330 g/mol. The van der Waals surface area contributed by atoms with Gasteiger partial charge < -0.3 is 5.32 Å². The zero-order valence-electron chi connectivity index (χ0n) is 13.0. The number of amides is 1. The van der Waals surface area contributed by atoms with E-state index in [0.29, 0.717) is 17.4 Å². The van der Waals surface area contributed by atoms with Gasteiger partial charge in [-0.05, 0) is 31.4 Å². The minimum Gasteiger partial charge on any atom is -0.352 e. The quantitative estimate of drug-likeness (QED) is 0.689. The zero-order valence-corrected chi connectivity index (χ0v) is 13.8. The molecule has 0 aliphatic rings. The Bertz CT molecular complexity index is 947. The number of nitrogens with zero attached hydrogens (tertiary/aromatic N) is 3. The Kier molecular flexibility index (Phi) is 4.61. The molecular formula is C16H16ClN5O2. The Balaban J connectivity index is 1.62. The number of H-pyrrole nitrogens is 1. The second kappa shape index (κ2) is 6.84. The first-order valence-corrected chi connectivity index (χ1v) is 7.90. The number of benzene rings is 1. The van der Waals surface area contributed by atoms with Gasteiger partial charge in [0.2, 0.25) is 0 Å². The number of halogens is 1. The predicted molar refractivity (Wildman–Crippen MR) is 90.5 cm³/mol. The molecule has 0 atom stereocenters. The fourth-order valence-electron chi connectivity index (χ4n) is 2.40. The van der Waals surface area contributed by atoms with Crippen LogP contribution in [0.1, 0.15) is 28.2 Å². The van der Waals surface area contributed by atoms with E-state index in [-0.39, 0.29) is 11.3 Å². The highest BCUT2D eigenvalue weighted by Crippen LogP contribution is 2.16. The van der Waals surface area contributed by atoms with Crippen LogP contribution in [-0.2, 0) is 6.42 Å². The normalized spacial score (nSPS) is 10.9. The summed E-state index contributed by atoms with van der Waals surface area (Å²) in [5.74, 6) is 0.345. The molecule has 0 unspecified atom stereocenters. The second-order valence-corrected chi connectivity index (χ2v) is 5.78. The van der Waals surface area contributed by atoms with E-state index in [9.17, 15) is 9.59 Å². The van der Waals surface area contributed by atoms with Crippen molar-refractivity contribution in [3.8, 4) is 0 Å². The summed E-state index contributed by atoms with van der Waals surface area (Å²) < 4.78 is 1.16. The largest absolute Gasteiger partial charge is 0.352 e. The highest BCUT2D eigenvalue weighted by atomic mass is 35.5. The summed E-state index contributed by atoms with van der Waals surface area (Å²) in [6, 6.07) is 7.59. The Morgan fingerprint density at radius 2 is 2.17 bits per heavy atom. The lowest BCUT2D eigenvalue weighted by Crippen LogP contribution is -2.32. The smallest absolute Gasteiger partial charge is 0.286 e. The summed E-state index contributed by atoms with van der Waals surface area (Å²) >= 11 is 6.09. The van der Waals surface area contributed by atoms with Gasteiger partial charge in [-0.1, -0.05) is 29.8 Å². The molecule has 0 saturated carbocycles. The van der Waals surface area contributed by atoms with Crippen LogP contribution in [0.2, 0.25) is 5.02 Å². The SMILES string of the molecule is Cc1nc2ncc(C(=O)NCCCc3ccccc3Cl)c(=O)n2[nH]1. The third-order valence-electron chi connectivity index (χ3n) is 3.59. The van der Waals surface area contributed by atoms with Gasteiger partial charge in [0.15, 0.2) is 0 Å². The van der Waals surface area contributed by atoms with Crippen LogP contribution in [-0.4, -0.2) is 32.0 Å². The number of nitrogens with one attached hydrogen (secondary N) is 2. The summed E-state index contributed by atoms with van der Waals surface area (Å²) in [7, 11) is 0. The Labute approximate surface area is 142 Å². The number of aromatic amines is 1. The highest BCUT2D eigenvalue weighted by Gasteiger charge is 2.14. The molecule has 24 heavy (non-hydrogen) atoms. The average molecular weight is 346 g/mol. The third kappa shape index (κ3) is 3.30. The van der Waals surface area contributed by atoms with Gasteiger partial charge >= 0.3 is 0 Å². The molecule has 2 N–H and O–H groups in total. The number of aromatic nitrogens is 4. The number of hydrogen-bond acceptors (Lipinski definition) is 4. The number of rotatable bonds is 5. The molecule has 3 aromatic rings. The van der Waals surface area contributed by atoms with Crippen molar-refractivity contribution in [3.63, 3.8) is 0 Å². The number of carbonyl (C=O) groups excluding carboxylic acids is 1. The van der Waals surface area contributed by atoms with Crippen LogP contribution in [0.25, 0.3) is 5.78 Å². The number of hydrogen-bond donors (Lipinski definition) is 2. The Hall–Kier alpha value is -2.67. The molecule has 0 bridgehead atoms. The summed E-state index contributed by atoms with van der Waals surface area (Å²) in [6.45, 7) is 2.15. The van der Waals surface area contributed by atoms with Crippen LogP contribution in [0, 0.1) is 6.92 Å². The number of fused-ring (bicyclic) bond motifs is 1. The van der Waals surface area contributed by atoms with E-state index in [1.54, 1.807) is 6.92 Å². The lowest BCUT2D eigenvalue weighted by atomic mass is 10.1. The summed E-state index contributed by atoms with van der Waals surface area (Å²) in [4.78, 5) is 32.5. The van der Waals surface area contributed by atoms with Gasteiger partial charge in [-0.3, -0.25) is 14.7 Å². The van der Waals surface area contributed by atoms with Crippen molar-refractivity contribution in [2.45, 2.75) is 19.8 Å². The Morgan fingerprint density at radius 3 is 2.96 bits per heavy atom. The van der Waals surface area contributed by atoms with Crippen molar-refractivity contribution in [2.75, 3.05) is 6.54 Å². The van der Waals surface area contributed by atoms with Crippen LogP contribution >= 0.6 is 11.6 Å². The van der Waals surface area contributed by atoms with E-state index in [1.807, 2.05) is 24.3 Å². The lowest BCUT2D eigenvalue weighted by Gasteiger charge is -2.06. The first-order chi connectivity index (χ1) is 11.6.